The Balaban J connectivity index is 2.12. The van der Waals surface area contributed by atoms with E-state index in [1.165, 1.54) is 31.2 Å². The van der Waals surface area contributed by atoms with Crippen molar-refractivity contribution in [1.82, 2.24) is 5.32 Å². The number of hydrogen-bond acceptors (Lipinski definition) is 1. The molecule has 0 amide bonds. The van der Waals surface area contributed by atoms with Crippen LogP contribution in [-0.4, -0.2) is 7.05 Å². The molecule has 0 aliphatic heterocycles. The van der Waals surface area contributed by atoms with Crippen molar-refractivity contribution >= 4 is 0 Å². The fourth-order valence-electron chi connectivity index (χ4n) is 2.66. The SMILES string of the molecule is CNC(CC(C)C)c1cccc(C2CCC2)c1. The summed E-state index contributed by atoms with van der Waals surface area (Å²) in [7, 11) is 2.07. The van der Waals surface area contributed by atoms with Crippen molar-refractivity contribution in [2.75, 3.05) is 7.05 Å². The van der Waals surface area contributed by atoms with Crippen LogP contribution in [0.3, 0.4) is 0 Å². The van der Waals surface area contributed by atoms with Crippen molar-refractivity contribution in [3.05, 3.63) is 35.4 Å². The normalized spacial score (nSPS) is 18.1. The van der Waals surface area contributed by atoms with Gasteiger partial charge >= 0.3 is 0 Å². The Labute approximate surface area is 106 Å². The van der Waals surface area contributed by atoms with Gasteiger partial charge in [0.25, 0.3) is 0 Å². The predicted molar refractivity (Wildman–Crippen MR) is 74.3 cm³/mol. The van der Waals surface area contributed by atoms with E-state index >= 15 is 0 Å². The highest BCUT2D eigenvalue weighted by Crippen LogP contribution is 2.37. The smallest absolute Gasteiger partial charge is 0.0320 e. The Morgan fingerprint density at radius 2 is 2.06 bits per heavy atom. The number of nitrogens with one attached hydrogen (secondary N) is 1. The Morgan fingerprint density at radius 1 is 1.29 bits per heavy atom. The van der Waals surface area contributed by atoms with Gasteiger partial charge in [-0.3, -0.25) is 0 Å². The van der Waals surface area contributed by atoms with Crippen LogP contribution in [0.5, 0.6) is 0 Å². The van der Waals surface area contributed by atoms with Crippen molar-refractivity contribution in [2.45, 2.75) is 51.5 Å². The molecule has 1 aromatic carbocycles. The highest BCUT2D eigenvalue weighted by molar-refractivity contribution is 5.29. The molecule has 0 heterocycles. The monoisotopic (exact) mass is 231 g/mol. The standard InChI is InChI=1S/C16H25N/c1-12(2)10-16(17-3)15-9-5-8-14(11-15)13-6-4-7-13/h5,8-9,11-13,16-17H,4,6-7,10H2,1-3H3. The van der Waals surface area contributed by atoms with Gasteiger partial charge < -0.3 is 5.32 Å². The number of hydrogen-bond donors (Lipinski definition) is 1. The van der Waals surface area contributed by atoms with Gasteiger partial charge in [0.1, 0.15) is 0 Å². The van der Waals surface area contributed by atoms with E-state index in [1.54, 1.807) is 5.56 Å². The molecule has 0 bridgehead atoms. The maximum Gasteiger partial charge on any atom is 0.0320 e. The Morgan fingerprint density at radius 3 is 2.59 bits per heavy atom. The average Bonchev–Trinajstić information content (AvgIpc) is 2.23. The second kappa shape index (κ2) is 5.68. The van der Waals surface area contributed by atoms with Gasteiger partial charge in [-0.1, -0.05) is 44.5 Å². The van der Waals surface area contributed by atoms with Crippen molar-refractivity contribution in [3.8, 4) is 0 Å². The largest absolute Gasteiger partial charge is 0.313 e. The summed E-state index contributed by atoms with van der Waals surface area (Å²) in [6.07, 6.45) is 5.40. The molecule has 1 aliphatic carbocycles. The molecule has 1 aliphatic rings. The topological polar surface area (TPSA) is 12.0 Å². The molecule has 1 heteroatoms. The third-order valence-corrected chi connectivity index (χ3v) is 3.95. The Kier molecular flexibility index (Phi) is 4.22. The summed E-state index contributed by atoms with van der Waals surface area (Å²) in [5.41, 5.74) is 3.02. The molecule has 1 nitrogen and oxygen atoms in total. The Hall–Kier alpha value is -0.820. The first-order valence-electron chi connectivity index (χ1n) is 6.98. The molecular formula is C16H25N. The first-order valence-corrected chi connectivity index (χ1v) is 6.98. The van der Waals surface area contributed by atoms with Crippen LogP contribution < -0.4 is 5.32 Å². The quantitative estimate of drug-likeness (QED) is 0.798. The summed E-state index contributed by atoms with van der Waals surface area (Å²) < 4.78 is 0. The molecule has 1 aromatic rings. The van der Waals surface area contributed by atoms with Gasteiger partial charge in [0.15, 0.2) is 0 Å². The molecule has 0 saturated heterocycles. The fourth-order valence-corrected chi connectivity index (χ4v) is 2.66. The third kappa shape index (κ3) is 3.10. The zero-order valence-electron chi connectivity index (χ0n) is 11.4. The lowest BCUT2D eigenvalue weighted by atomic mass is 9.79. The van der Waals surface area contributed by atoms with Crippen LogP contribution in [0, 0.1) is 5.92 Å². The molecule has 94 valence electrons. The van der Waals surface area contributed by atoms with Gasteiger partial charge in [0, 0.05) is 6.04 Å². The van der Waals surface area contributed by atoms with Crippen molar-refractivity contribution in [1.29, 1.82) is 0 Å². The molecule has 0 aromatic heterocycles. The van der Waals surface area contributed by atoms with Crippen LogP contribution >= 0.6 is 0 Å². The van der Waals surface area contributed by atoms with Gasteiger partial charge in [0.05, 0.1) is 0 Å². The minimum Gasteiger partial charge on any atom is -0.313 e. The zero-order valence-corrected chi connectivity index (χ0v) is 11.4. The highest BCUT2D eigenvalue weighted by atomic mass is 14.9. The van der Waals surface area contributed by atoms with E-state index in [2.05, 4.69) is 50.5 Å². The third-order valence-electron chi connectivity index (χ3n) is 3.95. The second-order valence-electron chi connectivity index (χ2n) is 5.77. The molecule has 0 radical (unpaired) electrons. The first kappa shape index (κ1) is 12.6. The molecule has 0 spiro atoms. The molecule has 1 unspecified atom stereocenters. The molecule has 1 N–H and O–H groups in total. The molecule has 1 atom stereocenters. The summed E-state index contributed by atoms with van der Waals surface area (Å²) in [5.74, 6) is 1.58. The van der Waals surface area contributed by atoms with Gasteiger partial charge in [-0.25, -0.2) is 0 Å². The Bertz CT molecular complexity index is 352. The van der Waals surface area contributed by atoms with E-state index in [-0.39, 0.29) is 0 Å². The zero-order chi connectivity index (χ0) is 12.3. The van der Waals surface area contributed by atoms with Crippen LogP contribution in [0.2, 0.25) is 0 Å². The van der Waals surface area contributed by atoms with Crippen molar-refractivity contribution < 1.29 is 0 Å². The maximum absolute atomic E-state index is 3.45. The van der Waals surface area contributed by atoms with Crippen molar-refractivity contribution in [2.24, 2.45) is 5.92 Å². The molecule has 1 fully saturated rings. The van der Waals surface area contributed by atoms with E-state index < -0.39 is 0 Å². The van der Waals surface area contributed by atoms with Gasteiger partial charge in [-0.2, -0.15) is 0 Å². The van der Waals surface area contributed by atoms with E-state index in [9.17, 15) is 0 Å². The maximum atomic E-state index is 3.45. The van der Waals surface area contributed by atoms with E-state index in [0.29, 0.717) is 6.04 Å². The molecule has 2 rings (SSSR count). The predicted octanol–water partition coefficient (Wildman–Crippen LogP) is 4.26. The van der Waals surface area contributed by atoms with Crippen LogP contribution in [-0.2, 0) is 0 Å². The van der Waals surface area contributed by atoms with Crippen molar-refractivity contribution in [3.63, 3.8) is 0 Å². The van der Waals surface area contributed by atoms with Gasteiger partial charge in [-0.15, -0.1) is 0 Å². The number of rotatable bonds is 5. The lowest BCUT2D eigenvalue weighted by Crippen LogP contribution is -2.19. The summed E-state index contributed by atoms with van der Waals surface area (Å²) in [6.45, 7) is 4.58. The summed E-state index contributed by atoms with van der Waals surface area (Å²) >= 11 is 0. The lowest BCUT2D eigenvalue weighted by molar-refractivity contribution is 0.417. The minimum atomic E-state index is 0.509. The summed E-state index contributed by atoms with van der Waals surface area (Å²) in [4.78, 5) is 0. The number of benzene rings is 1. The lowest BCUT2D eigenvalue weighted by Gasteiger charge is -2.27. The highest BCUT2D eigenvalue weighted by Gasteiger charge is 2.20. The summed E-state index contributed by atoms with van der Waals surface area (Å²) in [5, 5.41) is 3.45. The fraction of sp³-hybridized carbons (Fsp3) is 0.625. The molecular weight excluding hydrogens is 206 g/mol. The van der Waals surface area contributed by atoms with E-state index in [1.807, 2.05) is 0 Å². The van der Waals surface area contributed by atoms with Gasteiger partial charge in [0.2, 0.25) is 0 Å². The van der Waals surface area contributed by atoms with E-state index in [0.717, 1.165) is 11.8 Å². The van der Waals surface area contributed by atoms with Crippen LogP contribution in [0.15, 0.2) is 24.3 Å². The molecule has 17 heavy (non-hydrogen) atoms. The second-order valence-corrected chi connectivity index (χ2v) is 5.77. The van der Waals surface area contributed by atoms with Crippen LogP contribution in [0.4, 0.5) is 0 Å². The molecule has 1 saturated carbocycles. The summed E-state index contributed by atoms with van der Waals surface area (Å²) in [6, 6.07) is 9.73. The van der Waals surface area contributed by atoms with E-state index in [4.69, 9.17) is 0 Å². The van der Waals surface area contributed by atoms with Crippen LogP contribution in [0.25, 0.3) is 0 Å². The first-order chi connectivity index (χ1) is 8.20. The average molecular weight is 231 g/mol. The van der Waals surface area contributed by atoms with Gasteiger partial charge in [-0.05, 0) is 49.3 Å². The van der Waals surface area contributed by atoms with Crippen LogP contribution in [0.1, 0.15) is 62.6 Å². The minimum absolute atomic E-state index is 0.509.